The van der Waals surface area contributed by atoms with E-state index < -0.39 is 17.2 Å². The number of nitriles is 1. The van der Waals surface area contributed by atoms with Crippen LogP contribution in [-0.2, 0) is 5.54 Å². The molecule has 4 atom stereocenters. The number of halogens is 2. The number of aliphatic hydroxyl groups excluding tert-OH is 1. The van der Waals surface area contributed by atoms with Crippen molar-refractivity contribution in [2.75, 3.05) is 13.2 Å². The zero-order valence-corrected chi connectivity index (χ0v) is 19.2. The van der Waals surface area contributed by atoms with Gasteiger partial charge < -0.3 is 16.2 Å². The van der Waals surface area contributed by atoms with Crippen molar-refractivity contribution in [2.45, 2.75) is 36.6 Å². The number of aromatic nitrogens is 1. The molecule has 0 spiro atoms. The van der Waals surface area contributed by atoms with Crippen LogP contribution < -0.4 is 11.1 Å². The molecule has 2 aromatic rings. The van der Waals surface area contributed by atoms with Crippen molar-refractivity contribution in [1.29, 1.82) is 5.26 Å². The molecule has 1 aromatic heterocycles. The predicted octanol–water partition coefficient (Wildman–Crippen LogP) is 3.57. The fraction of sp³-hybridized carbons (Fsp3) is 0.375. The third kappa shape index (κ3) is 4.51. The van der Waals surface area contributed by atoms with Crippen LogP contribution in [-0.4, -0.2) is 39.2 Å². The van der Waals surface area contributed by atoms with Gasteiger partial charge in [0, 0.05) is 35.0 Å². The van der Waals surface area contributed by atoms with Crippen molar-refractivity contribution in [3.63, 3.8) is 0 Å². The molecular formula is C24H25F2N5OS. The molecule has 2 heterocycles. The van der Waals surface area contributed by atoms with Gasteiger partial charge in [0.1, 0.15) is 17.7 Å². The Morgan fingerprint density at radius 3 is 2.91 bits per heavy atom. The number of rotatable bonds is 7. The maximum absolute atomic E-state index is 15.0. The Morgan fingerprint density at radius 1 is 1.45 bits per heavy atom. The summed E-state index contributed by atoms with van der Waals surface area (Å²) < 4.78 is 29.6. The number of nitrogens with zero attached hydrogens (tertiary/aromatic N) is 3. The zero-order valence-electron chi connectivity index (χ0n) is 18.3. The van der Waals surface area contributed by atoms with Crippen molar-refractivity contribution >= 4 is 28.8 Å². The minimum absolute atomic E-state index is 0.0227. The number of nitrogens with two attached hydrogens (primary N) is 1. The molecule has 2 aliphatic rings. The van der Waals surface area contributed by atoms with Crippen molar-refractivity contribution in [3.8, 4) is 6.07 Å². The molecule has 1 unspecified atom stereocenters. The fourth-order valence-corrected chi connectivity index (χ4v) is 5.81. The second-order valence-electron chi connectivity index (χ2n) is 8.76. The summed E-state index contributed by atoms with van der Waals surface area (Å²) in [5, 5.41) is 21.9. The minimum Gasteiger partial charge on any atom is -0.395 e. The van der Waals surface area contributed by atoms with Gasteiger partial charge in [-0.05, 0) is 56.2 Å². The first-order chi connectivity index (χ1) is 15.7. The molecule has 1 aliphatic heterocycles. The van der Waals surface area contributed by atoms with Gasteiger partial charge in [0.15, 0.2) is 5.17 Å². The summed E-state index contributed by atoms with van der Waals surface area (Å²) in [6.07, 6.45) is 3.39. The van der Waals surface area contributed by atoms with Crippen LogP contribution in [0.2, 0.25) is 0 Å². The summed E-state index contributed by atoms with van der Waals surface area (Å²) in [6.45, 7) is 4.40. The van der Waals surface area contributed by atoms with Gasteiger partial charge in [-0.3, -0.25) is 9.98 Å². The average Bonchev–Trinajstić information content (AvgIpc) is 3.54. The molecule has 0 amide bonds. The van der Waals surface area contributed by atoms with Crippen LogP contribution in [0.25, 0.3) is 11.9 Å². The van der Waals surface area contributed by atoms with Crippen LogP contribution >= 0.6 is 11.8 Å². The Morgan fingerprint density at radius 2 is 2.24 bits per heavy atom. The number of thioether (sulfide) groups is 1. The van der Waals surface area contributed by atoms with Crippen molar-refractivity contribution in [1.82, 2.24) is 10.3 Å². The van der Waals surface area contributed by atoms with E-state index in [1.54, 1.807) is 6.07 Å². The first-order valence-electron chi connectivity index (χ1n) is 10.6. The SMILES string of the molecule is CC(CO)NC[C@]12C[C@H]1[C@@](C)(c1cc(/C=C(\F)c3ccc(C#N)cn3)ccc1F)N=C(N)S2. The number of aliphatic hydroxyl groups is 1. The number of hydrogen-bond acceptors (Lipinski definition) is 7. The third-order valence-corrected chi connectivity index (χ3v) is 7.65. The second kappa shape index (κ2) is 8.86. The van der Waals surface area contributed by atoms with Crippen LogP contribution in [0.4, 0.5) is 8.78 Å². The van der Waals surface area contributed by atoms with Crippen LogP contribution in [0.3, 0.4) is 0 Å². The Hall–Kier alpha value is -2.80. The van der Waals surface area contributed by atoms with Crippen molar-refractivity contribution in [2.24, 2.45) is 16.6 Å². The van der Waals surface area contributed by atoms with Gasteiger partial charge in [-0.15, -0.1) is 0 Å². The summed E-state index contributed by atoms with van der Waals surface area (Å²) in [5.41, 5.74) is 6.54. The lowest BCUT2D eigenvalue weighted by molar-refractivity contribution is 0.250. The number of nitrogens with one attached hydrogen (secondary N) is 1. The Labute approximate surface area is 195 Å². The Kier molecular flexibility index (Phi) is 6.27. The molecule has 9 heteroatoms. The third-order valence-electron chi connectivity index (χ3n) is 6.34. The lowest BCUT2D eigenvalue weighted by Crippen LogP contribution is -2.43. The highest BCUT2D eigenvalue weighted by molar-refractivity contribution is 8.15. The predicted molar refractivity (Wildman–Crippen MR) is 126 cm³/mol. The fourth-order valence-electron chi connectivity index (χ4n) is 4.38. The number of fused-ring (bicyclic) bond motifs is 1. The summed E-state index contributed by atoms with van der Waals surface area (Å²) in [7, 11) is 0. The van der Waals surface area contributed by atoms with Crippen molar-refractivity contribution < 1.29 is 13.9 Å². The van der Waals surface area contributed by atoms with Gasteiger partial charge in [0.05, 0.1) is 23.4 Å². The lowest BCUT2D eigenvalue weighted by Gasteiger charge is -2.35. The maximum Gasteiger partial charge on any atom is 0.155 e. The number of pyridine rings is 1. The molecule has 0 radical (unpaired) electrons. The van der Waals surface area contributed by atoms with E-state index in [1.165, 1.54) is 48.3 Å². The van der Waals surface area contributed by atoms with Crippen LogP contribution in [0, 0.1) is 23.1 Å². The highest BCUT2D eigenvalue weighted by Gasteiger charge is 2.66. The van der Waals surface area contributed by atoms with Crippen LogP contribution in [0.15, 0.2) is 41.5 Å². The van der Waals surface area contributed by atoms with E-state index in [1.807, 2.05) is 19.9 Å². The highest BCUT2D eigenvalue weighted by atomic mass is 32.2. The maximum atomic E-state index is 15.0. The van der Waals surface area contributed by atoms with Gasteiger partial charge in [-0.1, -0.05) is 17.8 Å². The summed E-state index contributed by atoms with van der Waals surface area (Å²) in [5.74, 6) is -0.973. The van der Waals surface area contributed by atoms with Crippen LogP contribution in [0.5, 0.6) is 0 Å². The molecule has 6 nitrogen and oxygen atoms in total. The van der Waals surface area contributed by atoms with Gasteiger partial charge in [0.2, 0.25) is 0 Å². The molecule has 1 fully saturated rings. The van der Waals surface area contributed by atoms with Crippen molar-refractivity contribution in [3.05, 3.63) is 64.7 Å². The van der Waals surface area contributed by atoms with Gasteiger partial charge >= 0.3 is 0 Å². The first kappa shape index (κ1) is 23.4. The normalized spacial score (nSPS) is 27.3. The van der Waals surface area contributed by atoms with E-state index in [0.29, 0.717) is 28.4 Å². The van der Waals surface area contributed by atoms with Gasteiger partial charge in [0.25, 0.3) is 0 Å². The number of hydrogen-bond donors (Lipinski definition) is 3. The topological polar surface area (TPSA) is 107 Å². The highest BCUT2D eigenvalue weighted by Crippen LogP contribution is 2.65. The van der Waals surface area contributed by atoms with E-state index in [4.69, 9.17) is 11.0 Å². The molecular weight excluding hydrogens is 444 g/mol. The molecule has 172 valence electrons. The number of benzene rings is 1. The average molecular weight is 470 g/mol. The van der Waals surface area contributed by atoms with E-state index in [2.05, 4.69) is 15.3 Å². The zero-order chi connectivity index (χ0) is 23.8. The molecule has 4 N–H and O–H groups in total. The molecule has 0 bridgehead atoms. The van der Waals surface area contributed by atoms with Crippen LogP contribution in [0.1, 0.15) is 42.7 Å². The second-order valence-corrected chi connectivity index (χ2v) is 10.2. The molecule has 0 saturated heterocycles. The Balaban J connectivity index is 1.64. The lowest BCUT2D eigenvalue weighted by atomic mass is 9.84. The van der Waals surface area contributed by atoms with Gasteiger partial charge in [-0.2, -0.15) is 5.26 Å². The summed E-state index contributed by atoms with van der Waals surface area (Å²) in [4.78, 5) is 8.60. The smallest absolute Gasteiger partial charge is 0.155 e. The quantitative estimate of drug-likeness (QED) is 0.572. The molecule has 4 rings (SSSR count). The summed E-state index contributed by atoms with van der Waals surface area (Å²) >= 11 is 1.49. The molecule has 1 aliphatic carbocycles. The largest absolute Gasteiger partial charge is 0.395 e. The molecule has 33 heavy (non-hydrogen) atoms. The van der Waals surface area contributed by atoms with E-state index in [9.17, 15) is 9.50 Å². The first-order valence-corrected chi connectivity index (χ1v) is 11.4. The molecule has 1 saturated carbocycles. The van der Waals surface area contributed by atoms with Gasteiger partial charge in [-0.25, -0.2) is 8.78 Å². The van der Waals surface area contributed by atoms with E-state index in [0.717, 1.165) is 6.42 Å². The number of amidine groups is 1. The standard InChI is InChI=1S/C24H25F2N5OS/c1-14(12-32)30-13-24-9-21(24)23(2,31-22(28)33-24)17-7-15(3-5-18(17)25)8-19(26)20-6-4-16(10-27)11-29-20/h3-8,11,14,21,30,32H,9,12-13H2,1-2H3,(H2,28,31)/b19-8-/t14?,21-,23+,24+/m0/s1. The molecule has 1 aromatic carbocycles. The monoisotopic (exact) mass is 469 g/mol. The van der Waals surface area contributed by atoms with E-state index >= 15 is 4.39 Å². The Bertz CT molecular complexity index is 1160. The summed E-state index contributed by atoms with van der Waals surface area (Å²) in [6, 6.07) is 9.23. The number of aliphatic imine (C=N–C) groups is 1. The van der Waals surface area contributed by atoms with E-state index in [-0.39, 0.29) is 29.0 Å². The minimum atomic E-state index is -0.892.